The van der Waals surface area contributed by atoms with Crippen LogP contribution in [0.15, 0.2) is 0 Å². The van der Waals surface area contributed by atoms with E-state index in [9.17, 15) is 0 Å². The van der Waals surface area contributed by atoms with Crippen molar-refractivity contribution in [3.8, 4) is 0 Å². The molecule has 2 amide bonds. The second-order valence-electron chi connectivity index (χ2n) is 0.811. The summed E-state index contributed by atoms with van der Waals surface area (Å²) in [5, 5.41) is 0. The fraction of sp³-hybridized carbons (Fsp3) is 0. The fourth-order valence-electron chi connectivity index (χ4n) is 0. The monoisotopic (exact) mass is 180 g/mol. The number of carbonyl (C=O) groups is 1. The summed E-state index contributed by atoms with van der Waals surface area (Å²) in [6.07, 6.45) is 0. The molecule has 0 atom stereocenters. The van der Waals surface area contributed by atoms with Gasteiger partial charge in [-0.05, 0) is 0 Å². The van der Waals surface area contributed by atoms with E-state index in [-0.39, 0.29) is 23.1 Å². The molecular weight excluding hydrogens is 176 g/mol. The summed E-state index contributed by atoms with van der Waals surface area (Å²) < 4.78 is 34.1. The first-order chi connectivity index (χ1) is 3.73. The number of primary amides is 2. The number of hydrogen-bond donors (Lipinski definition) is 2. The fourth-order valence-corrected chi connectivity index (χ4v) is 0. The molecule has 4 N–H and O–H groups in total. The first kappa shape index (κ1) is 16.5. The zero-order valence-electron chi connectivity index (χ0n) is 4.81. The Hall–Kier alpha value is -0.0938. The zero-order chi connectivity index (χ0) is 8.08. The van der Waals surface area contributed by atoms with Crippen molar-refractivity contribution in [3.05, 3.63) is 0 Å². The predicted octanol–water partition coefficient (Wildman–Crippen LogP) is -2.70. The molecule has 0 fully saturated rings. The van der Waals surface area contributed by atoms with Crippen molar-refractivity contribution in [1.29, 1.82) is 0 Å². The van der Waals surface area contributed by atoms with Crippen LogP contribution >= 0.6 is 0 Å². The van der Waals surface area contributed by atoms with Crippen LogP contribution in [0, 0.1) is 0 Å². The third-order valence-electron chi connectivity index (χ3n) is 0. The summed E-state index contributed by atoms with van der Waals surface area (Å²) in [5.41, 5.74) is 8.50. The second-order valence-corrected chi connectivity index (χ2v) is 1.63. The molecule has 0 aliphatic carbocycles. The third-order valence-corrected chi connectivity index (χ3v) is 0. The van der Waals surface area contributed by atoms with Gasteiger partial charge in [0.1, 0.15) is 0 Å². The molecule has 10 heavy (non-hydrogen) atoms. The first-order valence-corrected chi connectivity index (χ1v) is 2.78. The van der Waals surface area contributed by atoms with Gasteiger partial charge in [-0.3, -0.25) is 8.42 Å². The van der Waals surface area contributed by atoms with Crippen LogP contribution in [0.2, 0.25) is 0 Å². The number of hydrogen-bond acceptors (Lipinski definition) is 5. The number of amides is 2. The van der Waals surface area contributed by atoms with Crippen LogP contribution in [0.3, 0.4) is 0 Å². The molecule has 7 nitrogen and oxygen atoms in total. The van der Waals surface area contributed by atoms with E-state index in [0.717, 1.165) is 0 Å². The Morgan fingerprint density at radius 3 is 1.20 bits per heavy atom. The summed E-state index contributed by atoms with van der Waals surface area (Å²) in [4.78, 5) is 9.00. The van der Waals surface area contributed by atoms with Gasteiger partial charge in [0.2, 0.25) is 0 Å². The van der Waals surface area contributed by atoms with Gasteiger partial charge in [0, 0.05) is 10.4 Å². The van der Waals surface area contributed by atoms with Gasteiger partial charge in [-0.2, -0.15) is 0 Å². The topological polar surface area (TPSA) is 149 Å². The van der Waals surface area contributed by atoms with E-state index in [1.165, 1.54) is 0 Å². The van der Waals surface area contributed by atoms with E-state index in [4.69, 9.17) is 22.3 Å². The molecule has 0 heterocycles. The molecular formula is CH4MgN2O5S. The maximum absolute atomic E-state index is 9.00. The summed E-state index contributed by atoms with van der Waals surface area (Å²) in [5.74, 6) is 0. The van der Waals surface area contributed by atoms with Crippen LogP contribution in [0.25, 0.3) is 0 Å². The van der Waals surface area contributed by atoms with Crippen LogP contribution in [0.4, 0.5) is 4.79 Å². The average Bonchev–Trinajstić information content (AvgIpc) is 1.19. The maximum Gasteiger partial charge on any atom is 2.00 e. The van der Waals surface area contributed by atoms with Gasteiger partial charge >= 0.3 is 29.1 Å². The van der Waals surface area contributed by atoms with Crippen LogP contribution in [-0.2, 0) is 10.4 Å². The Morgan fingerprint density at radius 1 is 1.20 bits per heavy atom. The van der Waals surface area contributed by atoms with Crippen LogP contribution in [0.5, 0.6) is 0 Å². The number of rotatable bonds is 0. The second kappa shape index (κ2) is 7.02. The van der Waals surface area contributed by atoms with Crippen molar-refractivity contribution in [1.82, 2.24) is 0 Å². The van der Waals surface area contributed by atoms with E-state index in [0.29, 0.717) is 0 Å². The van der Waals surface area contributed by atoms with Gasteiger partial charge in [-0.25, -0.2) is 4.79 Å². The van der Waals surface area contributed by atoms with Crippen molar-refractivity contribution in [2.75, 3.05) is 0 Å². The van der Waals surface area contributed by atoms with E-state index >= 15 is 0 Å². The Morgan fingerprint density at radius 2 is 1.20 bits per heavy atom. The van der Waals surface area contributed by atoms with E-state index in [1.807, 2.05) is 0 Å². The summed E-state index contributed by atoms with van der Waals surface area (Å²) >= 11 is 0. The van der Waals surface area contributed by atoms with Crippen molar-refractivity contribution in [3.63, 3.8) is 0 Å². The van der Waals surface area contributed by atoms with Crippen molar-refractivity contribution >= 4 is 39.5 Å². The molecule has 0 aliphatic heterocycles. The Balaban J connectivity index is -0.0000000910. The first-order valence-electron chi connectivity index (χ1n) is 1.45. The summed E-state index contributed by atoms with van der Waals surface area (Å²) in [7, 11) is -5.17. The maximum atomic E-state index is 9.00. The van der Waals surface area contributed by atoms with Crippen molar-refractivity contribution in [2.24, 2.45) is 11.5 Å². The summed E-state index contributed by atoms with van der Waals surface area (Å²) in [6, 6.07) is -0.833. The van der Waals surface area contributed by atoms with Gasteiger partial charge in [0.25, 0.3) is 0 Å². The van der Waals surface area contributed by atoms with E-state index < -0.39 is 16.4 Å². The van der Waals surface area contributed by atoms with Crippen molar-refractivity contribution in [2.45, 2.75) is 0 Å². The average molecular weight is 180 g/mol. The quantitative estimate of drug-likeness (QED) is 0.236. The van der Waals surface area contributed by atoms with E-state index in [1.54, 1.807) is 0 Å². The third kappa shape index (κ3) is 42900. The Bertz CT molecular complexity index is 162. The Labute approximate surface area is 73.5 Å². The van der Waals surface area contributed by atoms with Crippen LogP contribution < -0.4 is 11.5 Å². The number of urea groups is 1. The van der Waals surface area contributed by atoms with E-state index in [2.05, 4.69) is 11.5 Å². The van der Waals surface area contributed by atoms with Crippen LogP contribution in [0.1, 0.15) is 0 Å². The van der Waals surface area contributed by atoms with Crippen LogP contribution in [-0.4, -0.2) is 46.6 Å². The SMILES string of the molecule is NC(N)=O.O=S(=O)([O-])[O-].[Mg+2]. The molecule has 0 saturated carbocycles. The molecule has 0 aromatic heterocycles. The molecule has 0 bridgehead atoms. The smallest absolute Gasteiger partial charge is 0.759 e. The standard InChI is InChI=1S/CH4N2O.Mg.H2O4S/c2-1(3)4;;1-5(2,3)4/h(H4,2,3,4);;(H2,1,2,3,4)/q;+2;/p-2. The van der Waals surface area contributed by atoms with Gasteiger partial charge in [0.15, 0.2) is 0 Å². The number of nitrogens with two attached hydrogens (primary N) is 2. The van der Waals surface area contributed by atoms with Gasteiger partial charge in [-0.1, -0.05) is 0 Å². The molecule has 9 heteroatoms. The van der Waals surface area contributed by atoms with Crippen molar-refractivity contribution < 1.29 is 22.3 Å². The van der Waals surface area contributed by atoms with Gasteiger partial charge < -0.3 is 20.6 Å². The predicted molar refractivity (Wildman–Crippen MR) is 30.0 cm³/mol. The molecule has 0 aliphatic rings. The molecule has 0 spiro atoms. The minimum absolute atomic E-state index is 0. The largest absolute Gasteiger partial charge is 2.00 e. The molecule has 0 saturated heterocycles. The number of carbonyl (C=O) groups excluding carboxylic acids is 1. The molecule has 56 valence electrons. The molecule has 0 aromatic carbocycles. The zero-order valence-corrected chi connectivity index (χ0v) is 7.04. The molecule has 0 radical (unpaired) electrons. The minimum atomic E-state index is -5.17. The Kier molecular flexibility index (Phi) is 11.6. The molecule has 0 aromatic rings. The normalized spacial score (nSPS) is 8.20. The molecule has 0 unspecified atom stereocenters. The summed E-state index contributed by atoms with van der Waals surface area (Å²) in [6.45, 7) is 0. The molecule has 0 rings (SSSR count). The van der Waals surface area contributed by atoms with Gasteiger partial charge in [0.05, 0.1) is 0 Å². The minimum Gasteiger partial charge on any atom is -0.759 e. The van der Waals surface area contributed by atoms with Gasteiger partial charge in [-0.15, -0.1) is 0 Å².